The zero-order valence-electron chi connectivity index (χ0n) is 21.6. The number of anilines is 3. The first kappa shape index (κ1) is 27.1. The van der Waals surface area contributed by atoms with Gasteiger partial charge in [0.1, 0.15) is 11.6 Å². The molecule has 0 aliphatic heterocycles. The van der Waals surface area contributed by atoms with E-state index in [0.29, 0.717) is 17.7 Å². The van der Waals surface area contributed by atoms with Gasteiger partial charge in [-0.2, -0.15) is 0 Å². The third-order valence-electron chi connectivity index (χ3n) is 6.57. The Balaban J connectivity index is 0.00000323. The first-order chi connectivity index (χ1) is 19.3. The van der Waals surface area contributed by atoms with Gasteiger partial charge in [-0.3, -0.25) is 4.98 Å². The first-order valence-electron chi connectivity index (χ1n) is 12.9. The second-order valence-electron chi connectivity index (χ2n) is 9.19. The van der Waals surface area contributed by atoms with E-state index in [4.69, 9.17) is 4.98 Å². The van der Waals surface area contributed by atoms with Gasteiger partial charge in [-0.15, -0.1) is 29.8 Å². The van der Waals surface area contributed by atoms with Gasteiger partial charge in [-0.05, 0) is 58.9 Å². The molecular formula is C35H26N3OPt-. The maximum absolute atomic E-state index is 11.2. The van der Waals surface area contributed by atoms with E-state index < -0.39 is 0 Å². The molecule has 1 N–H and O–H groups in total. The maximum Gasteiger partial charge on any atom is 0.136 e. The molecule has 5 heteroatoms. The SMILES string of the molecule is Oc1c(Cc2ccccc2)cccc1-c1cccc(-c2[c-]c(N(c3ccccc3)c3ccccn3)ccc2)n1.[Pt]. The van der Waals surface area contributed by atoms with Gasteiger partial charge in [0.15, 0.2) is 0 Å². The van der Waals surface area contributed by atoms with Crippen LogP contribution in [0.1, 0.15) is 11.1 Å². The van der Waals surface area contributed by atoms with E-state index in [-0.39, 0.29) is 26.8 Å². The number of nitrogens with zero attached hydrogens (tertiary/aromatic N) is 3. The maximum atomic E-state index is 11.2. The van der Waals surface area contributed by atoms with Crippen molar-refractivity contribution in [1.82, 2.24) is 9.97 Å². The molecule has 198 valence electrons. The number of pyridine rings is 2. The van der Waals surface area contributed by atoms with Crippen molar-refractivity contribution >= 4 is 17.2 Å². The second kappa shape index (κ2) is 12.5. The summed E-state index contributed by atoms with van der Waals surface area (Å²) in [5.74, 6) is 1.06. The van der Waals surface area contributed by atoms with E-state index in [2.05, 4.69) is 40.2 Å². The number of aromatic nitrogens is 2. The third-order valence-corrected chi connectivity index (χ3v) is 6.57. The summed E-state index contributed by atoms with van der Waals surface area (Å²) in [6, 6.07) is 47.5. The molecule has 0 bridgehead atoms. The minimum absolute atomic E-state index is 0. The van der Waals surface area contributed by atoms with Crippen LogP contribution >= 0.6 is 0 Å². The van der Waals surface area contributed by atoms with E-state index in [1.54, 1.807) is 6.20 Å². The number of rotatable bonds is 7. The number of phenols is 1. The van der Waals surface area contributed by atoms with Crippen LogP contribution < -0.4 is 4.90 Å². The number of phenolic OH excluding ortho intramolecular Hbond substituents is 1. The van der Waals surface area contributed by atoms with Crippen LogP contribution in [-0.4, -0.2) is 15.1 Å². The van der Waals surface area contributed by atoms with Crippen LogP contribution in [0.3, 0.4) is 0 Å². The summed E-state index contributed by atoms with van der Waals surface area (Å²) >= 11 is 0. The Kier molecular flexibility index (Phi) is 8.49. The minimum Gasteiger partial charge on any atom is -0.507 e. The molecular weight excluding hydrogens is 673 g/mol. The van der Waals surface area contributed by atoms with Crippen LogP contribution in [0, 0.1) is 6.07 Å². The molecule has 2 aromatic heterocycles. The normalized spacial score (nSPS) is 10.5. The Morgan fingerprint density at radius 1 is 0.650 bits per heavy atom. The van der Waals surface area contributed by atoms with Crippen LogP contribution in [0.5, 0.6) is 5.75 Å². The summed E-state index contributed by atoms with van der Waals surface area (Å²) in [6.45, 7) is 0. The van der Waals surface area contributed by atoms with E-state index in [9.17, 15) is 5.11 Å². The van der Waals surface area contributed by atoms with E-state index >= 15 is 0 Å². The van der Waals surface area contributed by atoms with Crippen LogP contribution in [0.15, 0.2) is 140 Å². The van der Waals surface area contributed by atoms with Crippen LogP contribution in [0.25, 0.3) is 22.5 Å². The van der Waals surface area contributed by atoms with E-state index in [1.807, 2.05) is 109 Å². The molecule has 4 aromatic carbocycles. The Bertz CT molecular complexity index is 1650. The summed E-state index contributed by atoms with van der Waals surface area (Å²) in [5, 5.41) is 11.2. The van der Waals surface area contributed by atoms with Crippen molar-refractivity contribution in [2.45, 2.75) is 6.42 Å². The van der Waals surface area contributed by atoms with Crippen LogP contribution in [0.2, 0.25) is 0 Å². The Labute approximate surface area is 248 Å². The smallest absolute Gasteiger partial charge is 0.136 e. The molecule has 2 heterocycles. The molecule has 0 atom stereocenters. The van der Waals surface area contributed by atoms with E-state index in [0.717, 1.165) is 39.6 Å². The molecule has 0 aliphatic carbocycles. The van der Waals surface area contributed by atoms with Crippen molar-refractivity contribution in [1.29, 1.82) is 0 Å². The molecule has 6 rings (SSSR count). The van der Waals surface area contributed by atoms with Crippen LogP contribution in [0.4, 0.5) is 17.2 Å². The van der Waals surface area contributed by atoms with Crippen molar-refractivity contribution < 1.29 is 26.2 Å². The Hall–Kier alpha value is -4.53. The van der Waals surface area contributed by atoms with Crippen molar-refractivity contribution in [3.63, 3.8) is 0 Å². The minimum atomic E-state index is 0. The quantitative estimate of drug-likeness (QED) is 0.170. The van der Waals surface area contributed by atoms with Crippen LogP contribution in [-0.2, 0) is 27.5 Å². The van der Waals surface area contributed by atoms with Gasteiger partial charge < -0.3 is 10.0 Å². The molecule has 0 spiro atoms. The fourth-order valence-corrected chi connectivity index (χ4v) is 4.69. The molecule has 0 amide bonds. The van der Waals surface area contributed by atoms with Gasteiger partial charge >= 0.3 is 0 Å². The molecule has 0 unspecified atom stereocenters. The zero-order valence-corrected chi connectivity index (χ0v) is 23.9. The summed E-state index contributed by atoms with van der Waals surface area (Å²) in [5.41, 5.74) is 6.91. The number of hydrogen-bond acceptors (Lipinski definition) is 4. The topological polar surface area (TPSA) is 49.2 Å². The summed E-state index contributed by atoms with van der Waals surface area (Å²) in [7, 11) is 0. The van der Waals surface area contributed by atoms with Gasteiger partial charge in [-0.1, -0.05) is 78.9 Å². The standard InChI is InChI=1S/C35H26N3O.Pt/c39-35-28(24-26-12-3-1-4-13-26)15-10-19-31(35)33-21-11-20-32(37-33)27-14-9-18-30(25-27)38(29-16-5-2-6-17-29)34-22-7-8-23-36-34;/h1-23,39H,24H2;/q-1;. The Morgan fingerprint density at radius 3 is 2.12 bits per heavy atom. The van der Waals surface area contributed by atoms with Crippen molar-refractivity contribution in [2.24, 2.45) is 0 Å². The number of para-hydroxylation sites is 2. The van der Waals surface area contributed by atoms with Crippen molar-refractivity contribution in [3.05, 3.63) is 157 Å². The number of hydrogen-bond donors (Lipinski definition) is 1. The molecule has 0 aliphatic rings. The monoisotopic (exact) mass is 699 g/mol. The molecule has 4 nitrogen and oxygen atoms in total. The molecule has 0 radical (unpaired) electrons. The molecule has 0 saturated heterocycles. The summed E-state index contributed by atoms with van der Waals surface area (Å²) in [4.78, 5) is 11.6. The predicted molar refractivity (Wildman–Crippen MR) is 157 cm³/mol. The number of aromatic hydroxyl groups is 1. The largest absolute Gasteiger partial charge is 0.507 e. The van der Waals surface area contributed by atoms with Gasteiger partial charge in [-0.25, -0.2) is 4.98 Å². The average Bonchev–Trinajstić information content (AvgIpc) is 3.00. The zero-order chi connectivity index (χ0) is 26.4. The fraction of sp³-hybridized carbons (Fsp3) is 0.0286. The molecule has 40 heavy (non-hydrogen) atoms. The van der Waals surface area contributed by atoms with Gasteiger partial charge in [0, 0.05) is 44.9 Å². The average molecular weight is 700 g/mol. The predicted octanol–water partition coefficient (Wildman–Crippen LogP) is 8.37. The second-order valence-corrected chi connectivity index (χ2v) is 9.19. The fourth-order valence-electron chi connectivity index (χ4n) is 4.69. The summed E-state index contributed by atoms with van der Waals surface area (Å²) in [6.07, 6.45) is 2.44. The Morgan fingerprint density at radius 2 is 1.35 bits per heavy atom. The van der Waals surface area contributed by atoms with Gasteiger partial charge in [0.25, 0.3) is 0 Å². The van der Waals surface area contributed by atoms with Crippen molar-refractivity contribution in [3.8, 4) is 28.3 Å². The molecule has 6 aromatic rings. The van der Waals surface area contributed by atoms with Crippen molar-refractivity contribution in [2.75, 3.05) is 4.90 Å². The number of benzene rings is 4. The molecule has 0 saturated carbocycles. The van der Waals surface area contributed by atoms with Gasteiger partial charge in [0.05, 0.1) is 5.69 Å². The third kappa shape index (κ3) is 5.88. The van der Waals surface area contributed by atoms with E-state index in [1.165, 1.54) is 0 Å². The summed E-state index contributed by atoms with van der Waals surface area (Å²) < 4.78 is 0. The van der Waals surface area contributed by atoms with Gasteiger partial charge in [0.2, 0.25) is 0 Å². The first-order valence-corrected chi connectivity index (χ1v) is 12.9. The molecule has 0 fully saturated rings.